The molecule has 1 saturated heterocycles. The first-order valence-corrected chi connectivity index (χ1v) is 15.8. The smallest absolute Gasteiger partial charge is 0.257 e. The van der Waals surface area contributed by atoms with Gasteiger partial charge >= 0.3 is 0 Å². The summed E-state index contributed by atoms with van der Waals surface area (Å²) in [4.78, 5) is 35.8. The molecule has 0 bridgehead atoms. The molecular formula is C36H40N8O. The zero-order chi connectivity index (χ0) is 31.6. The van der Waals surface area contributed by atoms with Crippen LogP contribution in [-0.2, 0) is 6.54 Å². The Morgan fingerprint density at radius 3 is 2.22 bits per heavy atom. The number of pyridine rings is 2. The fourth-order valence-electron chi connectivity index (χ4n) is 5.53. The van der Waals surface area contributed by atoms with Crippen molar-refractivity contribution in [2.45, 2.75) is 53.0 Å². The van der Waals surface area contributed by atoms with E-state index < -0.39 is 0 Å². The molecule has 0 atom stereocenters. The van der Waals surface area contributed by atoms with Crippen LogP contribution in [0.15, 0.2) is 96.2 Å². The number of piperidine rings is 1. The summed E-state index contributed by atoms with van der Waals surface area (Å²) in [6, 6.07) is 24.3. The summed E-state index contributed by atoms with van der Waals surface area (Å²) in [6.07, 6.45) is 7.08. The molecule has 9 heteroatoms. The van der Waals surface area contributed by atoms with Crippen LogP contribution in [0, 0.1) is 0 Å². The lowest BCUT2D eigenvalue weighted by molar-refractivity contribution is 0.202. The van der Waals surface area contributed by atoms with Crippen molar-refractivity contribution in [1.29, 1.82) is 0 Å². The van der Waals surface area contributed by atoms with Gasteiger partial charge in [0.15, 0.2) is 5.82 Å². The number of likely N-dealkylation sites (tertiary alicyclic amines) is 1. The monoisotopic (exact) mass is 600 g/mol. The van der Waals surface area contributed by atoms with Gasteiger partial charge in [0.2, 0.25) is 5.82 Å². The highest BCUT2D eigenvalue weighted by atomic mass is 16.1. The van der Waals surface area contributed by atoms with E-state index in [4.69, 9.17) is 4.98 Å². The molecule has 1 aliphatic rings. The minimum Gasteiger partial charge on any atom is -0.328 e. The third kappa shape index (κ3) is 7.21. The fourth-order valence-corrected chi connectivity index (χ4v) is 5.53. The number of benzene rings is 2. The van der Waals surface area contributed by atoms with Crippen LogP contribution in [-0.4, -0.2) is 53.1 Å². The number of nitrogens with zero attached hydrogens (tertiary/aromatic N) is 6. The summed E-state index contributed by atoms with van der Waals surface area (Å²) in [5.41, 5.74) is 5.68. The van der Waals surface area contributed by atoms with Gasteiger partial charge in [-0.3, -0.25) is 14.8 Å². The van der Waals surface area contributed by atoms with Crippen LogP contribution < -0.4 is 5.56 Å². The molecule has 1 aliphatic heterocycles. The number of hydrogen-bond acceptors (Lipinski definition) is 7. The molecule has 5 heterocycles. The number of aromatic nitrogens is 7. The quantitative estimate of drug-likeness (QED) is 0.207. The van der Waals surface area contributed by atoms with Crippen molar-refractivity contribution in [3.63, 3.8) is 0 Å². The molecule has 4 aromatic heterocycles. The van der Waals surface area contributed by atoms with Gasteiger partial charge in [-0.1, -0.05) is 82.3 Å². The Bertz CT molecular complexity index is 1840. The largest absolute Gasteiger partial charge is 0.328 e. The van der Waals surface area contributed by atoms with Gasteiger partial charge in [-0.2, -0.15) is 0 Å². The Labute approximate surface area is 263 Å². The molecule has 2 aromatic carbocycles. The van der Waals surface area contributed by atoms with E-state index in [1.165, 1.54) is 5.56 Å². The van der Waals surface area contributed by atoms with E-state index >= 15 is 0 Å². The molecule has 7 rings (SSSR count). The van der Waals surface area contributed by atoms with Crippen LogP contribution in [0.4, 0.5) is 0 Å². The van der Waals surface area contributed by atoms with Gasteiger partial charge in [0.25, 0.3) is 5.56 Å². The van der Waals surface area contributed by atoms with Crippen molar-refractivity contribution in [2.75, 3.05) is 13.1 Å². The fraction of sp³-hybridized carbons (Fsp3) is 0.278. The first-order chi connectivity index (χ1) is 22.2. The second kappa shape index (κ2) is 15.1. The predicted molar refractivity (Wildman–Crippen MR) is 181 cm³/mol. The molecule has 0 radical (unpaired) electrons. The van der Waals surface area contributed by atoms with Gasteiger partial charge in [0.1, 0.15) is 5.82 Å². The van der Waals surface area contributed by atoms with Crippen molar-refractivity contribution < 1.29 is 0 Å². The lowest BCUT2D eigenvalue weighted by Gasteiger charge is -2.31. The van der Waals surface area contributed by atoms with E-state index in [0.29, 0.717) is 28.5 Å². The number of hydrogen-bond donors (Lipinski definition) is 2. The van der Waals surface area contributed by atoms with Gasteiger partial charge in [0, 0.05) is 42.2 Å². The summed E-state index contributed by atoms with van der Waals surface area (Å²) in [6.45, 7) is 10.9. The highest BCUT2D eigenvalue weighted by molar-refractivity contribution is 5.91. The van der Waals surface area contributed by atoms with Crippen molar-refractivity contribution in [1.82, 2.24) is 40.0 Å². The molecule has 45 heavy (non-hydrogen) atoms. The minimum atomic E-state index is -0.133. The Morgan fingerprint density at radius 2 is 1.51 bits per heavy atom. The molecule has 230 valence electrons. The molecule has 0 unspecified atom stereocenters. The molecule has 1 fully saturated rings. The lowest BCUT2D eigenvalue weighted by atomic mass is 9.95. The van der Waals surface area contributed by atoms with Crippen molar-refractivity contribution in [3.05, 3.63) is 113 Å². The van der Waals surface area contributed by atoms with Crippen molar-refractivity contribution in [2.24, 2.45) is 0 Å². The molecule has 0 amide bonds. The maximum atomic E-state index is 12.5. The van der Waals surface area contributed by atoms with Gasteiger partial charge in [-0.15, -0.1) is 5.10 Å². The van der Waals surface area contributed by atoms with Crippen LogP contribution in [0.2, 0.25) is 0 Å². The molecule has 9 nitrogen and oxygen atoms in total. The van der Waals surface area contributed by atoms with E-state index in [0.717, 1.165) is 60.7 Å². The topological polar surface area (TPSA) is 116 Å². The van der Waals surface area contributed by atoms with Crippen LogP contribution in [0.25, 0.3) is 44.9 Å². The highest BCUT2D eigenvalue weighted by Gasteiger charge is 2.24. The zero-order valence-electron chi connectivity index (χ0n) is 26.4. The number of H-pyrrole nitrogens is 2. The van der Waals surface area contributed by atoms with Gasteiger partial charge < -0.3 is 4.98 Å². The first kappa shape index (κ1) is 31.4. The maximum absolute atomic E-state index is 12.5. The van der Waals surface area contributed by atoms with E-state index in [9.17, 15) is 4.79 Å². The van der Waals surface area contributed by atoms with E-state index in [-0.39, 0.29) is 5.56 Å². The lowest BCUT2D eigenvalue weighted by Crippen LogP contribution is -2.32. The molecular weight excluding hydrogens is 560 g/mol. The summed E-state index contributed by atoms with van der Waals surface area (Å²) in [7, 11) is 0. The Kier molecular flexibility index (Phi) is 10.6. The van der Waals surface area contributed by atoms with Crippen LogP contribution in [0.3, 0.4) is 0 Å². The maximum Gasteiger partial charge on any atom is 0.257 e. The van der Waals surface area contributed by atoms with Crippen LogP contribution in [0.5, 0.6) is 0 Å². The summed E-state index contributed by atoms with van der Waals surface area (Å²) in [5, 5.41) is 8.03. The Balaban J connectivity index is 0.000000963. The second-order valence-corrected chi connectivity index (χ2v) is 10.4. The second-order valence-electron chi connectivity index (χ2n) is 10.4. The van der Waals surface area contributed by atoms with Crippen molar-refractivity contribution >= 4 is 10.9 Å². The SMILES string of the molecule is CC.CC.O=c1[nH]ccc2nc(-c3ccc(CN4CCC(c5nc(-c6ncccn6)n[nH]5)CC4)cc3)c(-c3ccccc3)cc12. The summed E-state index contributed by atoms with van der Waals surface area (Å²) in [5.74, 6) is 2.35. The Morgan fingerprint density at radius 1 is 0.800 bits per heavy atom. The Hall–Kier alpha value is -5.02. The number of nitrogens with one attached hydrogen (secondary N) is 2. The predicted octanol–water partition coefficient (Wildman–Crippen LogP) is 7.26. The van der Waals surface area contributed by atoms with Gasteiger partial charge in [-0.25, -0.2) is 19.9 Å². The normalized spacial score (nSPS) is 13.4. The average molecular weight is 601 g/mol. The number of fused-ring (bicyclic) bond motifs is 1. The van der Waals surface area contributed by atoms with Gasteiger partial charge in [-0.05, 0) is 55.3 Å². The highest BCUT2D eigenvalue weighted by Crippen LogP contribution is 2.33. The molecule has 6 aromatic rings. The molecule has 0 spiro atoms. The number of rotatable bonds is 6. The minimum absolute atomic E-state index is 0.133. The third-order valence-electron chi connectivity index (χ3n) is 7.71. The van der Waals surface area contributed by atoms with Crippen molar-refractivity contribution in [3.8, 4) is 34.0 Å². The third-order valence-corrected chi connectivity index (χ3v) is 7.71. The molecule has 2 N–H and O–H groups in total. The van der Waals surface area contributed by atoms with E-state index in [1.807, 2.05) is 58.0 Å². The molecule has 0 saturated carbocycles. The van der Waals surface area contributed by atoms with Gasteiger partial charge in [0.05, 0.1) is 16.6 Å². The molecule has 0 aliphatic carbocycles. The average Bonchev–Trinajstić information content (AvgIpc) is 3.62. The summed E-state index contributed by atoms with van der Waals surface area (Å²) < 4.78 is 0. The number of aromatic amines is 2. The first-order valence-electron chi connectivity index (χ1n) is 15.8. The zero-order valence-corrected chi connectivity index (χ0v) is 26.4. The standard InChI is InChI=1S/C32H28N8O.2C2H6/c41-32-26-19-25(22-5-2-1-3-6-22)28(36-27(26)11-16-35-32)23-9-7-21(8-10-23)20-40-17-12-24(13-18-40)29-37-31(39-38-29)30-33-14-4-15-34-30;2*1-2/h1-11,14-16,19,24H,12-13,17-18,20H2,(H,35,41)(H,37,38,39);2*1-2H3. The summed E-state index contributed by atoms with van der Waals surface area (Å²) >= 11 is 0. The van der Waals surface area contributed by atoms with Crippen LogP contribution in [0.1, 0.15) is 57.8 Å². The van der Waals surface area contributed by atoms with Crippen LogP contribution >= 0.6 is 0 Å². The van der Waals surface area contributed by atoms with E-state index in [1.54, 1.807) is 24.7 Å². The van der Waals surface area contributed by atoms with E-state index in [2.05, 4.69) is 71.4 Å².